The van der Waals surface area contributed by atoms with Gasteiger partial charge in [-0.1, -0.05) is 19.4 Å². The number of carbonyl (C=O) groups is 1. The number of aliphatic hydroxyl groups is 1. The second-order valence-electron chi connectivity index (χ2n) is 9.91. The van der Waals surface area contributed by atoms with Crippen molar-refractivity contribution in [2.24, 2.45) is 39.9 Å². The molecule has 7 atom stereocenters. The Morgan fingerprint density at radius 1 is 1.20 bits per heavy atom. The zero-order valence-electron chi connectivity index (χ0n) is 15.8. The van der Waals surface area contributed by atoms with Gasteiger partial charge in [-0.15, -0.1) is 0 Å². The van der Waals surface area contributed by atoms with Gasteiger partial charge in [0.05, 0.1) is 11.5 Å². The van der Waals surface area contributed by atoms with Gasteiger partial charge in [0.15, 0.2) is 5.78 Å². The minimum atomic E-state index is -0.211. The van der Waals surface area contributed by atoms with Crippen LogP contribution in [0.25, 0.3) is 0 Å². The summed E-state index contributed by atoms with van der Waals surface area (Å²) >= 11 is 0. The lowest BCUT2D eigenvalue weighted by molar-refractivity contribution is -0.118. The minimum Gasteiger partial charge on any atom is -0.396 e. The molecule has 25 heavy (non-hydrogen) atoms. The lowest BCUT2D eigenvalue weighted by Crippen LogP contribution is -2.54. The van der Waals surface area contributed by atoms with E-state index in [1.165, 1.54) is 5.57 Å². The number of hydrogen-bond donors (Lipinski definition) is 1. The molecule has 0 radical (unpaired) electrons. The van der Waals surface area contributed by atoms with E-state index >= 15 is 0 Å². The van der Waals surface area contributed by atoms with Crippen molar-refractivity contribution in [3.05, 3.63) is 11.6 Å². The molecule has 0 aliphatic heterocycles. The van der Waals surface area contributed by atoms with Crippen LogP contribution in [-0.4, -0.2) is 17.5 Å². The molecule has 3 unspecified atom stereocenters. The summed E-state index contributed by atoms with van der Waals surface area (Å²) in [6.45, 7) is 7.03. The van der Waals surface area contributed by atoms with Crippen molar-refractivity contribution < 1.29 is 9.90 Å². The Labute approximate surface area is 151 Å². The summed E-state index contributed by atoms with van der Waals surface area (Å²) in [7, 11) is 0. The standard InChI is InChI=1S/C22H31NO2/c1-20(13-23)7-5-18-16-10-14(12-24)19-11-15(25)4-8-21(19,2)17(16)6-9-22(18,20)3/h11,14,16-18,24H,4-10,12H2,1-3H3/t14-,16?,17?,18?,20+,21+,22-/m0/s1. The van der Waals surface area contributed by atoms with E-state index < -0.39 is 0 Å². The summed E-state index contributed by atoms with van der Waals surface area (Å²) < 4.78 is 0. The molecule has 3 heteroatoms. The van der Waals surface area contributed by atoms with E-state index in [2.05, 4.69) is 26.8 Å². The predicted octanol–water partition coefficient (Wildman–Crippen LogP) is 4.27. The van der Waals surface area contributed by atoms with Crippen LogP contribution in [0.2, 0.25) is 0 Å². The van der Waals surface area contributed by atoms with Gasteiger partial charge in [-0.3, -0.25) is 4.79 Å². The van der Waals surface area contributed by atoms with Crippen LogP contribution in [-0.2, 0) is 4.79 Å². The zero-order valence-corrected chi connectivity index (χ0v) is 15.8. The number of rotatable bonds is 1. The molecule has 3 fully saturated rings. The quantitative estimate of drug-likeness (QED) is 0.775. The van der Waals surface area contributed by atoms with E-state index in [1.807, 2.05) is 6.08 Å². The monoisotopic (exact) mass is 341 g/mol. The molecule has 1 N–H and O–H groups in total. The average molecular weight is 341 g/mol. The number of hydrogen-bond acceptors (Lipinski definition) is 3. The predicted molar refractivity (Wildman–Crippen MR) is 96.4 cm³/mol. The second-order valence-corrected chi connectivity index (χ2v) is 9.91. The zero-order chi connectivity index (χ0) is 18.0. The summed E-state index contributed by atoms with van der Waals surface area (Å²) in [5.74, 6) is 2.14. The molecule has 0 amide bonds. The molecule has 0 saturated heterocycles. The molecule has 3 nitrogen and oxygen atoms in total. The molecule has 0 heterocycles. The molecule has 0 bridgehead atoms. The molecule has 136 valence electrons. The third kappa shape index (κ3) is 2.10. The largest absolute Gasteiger partial charge is 0.396 e. The van der Waals surface area contributed by atoms with Gasteiger partial charge in [0, 0.05) is 18.9 Å². The molecule has 3 saturated carbocycles. The second kappa shape index (κ2) is 5.43. The summed E-state index contributed by atoms with van der Waals surface area (Å²) in [6, 6.07) is 2.67. The maximum atomic E-state index is 12.0. The SMILES string of the molecule is C[C@]12CCC(=O)C=C1[C@H](CO)CC1C2CC[C@@]2(C)C1CC[C@]2(C)C#N. The maximum absolute atomic E-state index is 12.0. The third-order valence-electron chi connectivity index (χ3n) is 9.19. The fourth-order valence-corrected chi connectivity index (χ4v) is 7.41. The molecular weight excluding hydrogens is 310 g/mol. The Balaban J connectivity index is 1.75. The topological polar surface area (TPSA) is 61.1 Å². The Morgan fingerprint density at radius 3 is 2.60 bits per heavy atom. The van der Waals surface area contributed by atoms with E-state index in [-0.39, 0.29) is 34.6 Å². The maximum Gasteiger partial charge on any atom is 0.155 e. The first kappa shape index (κ1) is 17.3. The first-order chi connectivity index (χ1) is 11.8. The van der Waals surface area contributed by atoms with E-state index in [0.717, 1.165) is 38.5 Å². The van der Waals surface area contributed by atoms with Crippen LogP contribution in [0, 0.1) is 51.2 Å². The smallest absolute Gasteiger partial charge is 0.155 e. The summed E-state index contributed by atoms with van der Waals surface area (Å²) in [4.78, 5) is 12.0. The molecule has 4 rings (SSSR count). The van der Waals surface area contributed by atoms with Gasteiger partial charge in [-0.05, 0) is 80.1 Å². The number of fused-ring (bicyclic) bond motifs is 5. The van der Waals surface area contributed by atoms with Gasteiger partial charge in [0.2, 0.25) is 0 Å². The highest BCUT2D eigenvalue weighted by molar-refractivity contribution is 5.91. The number of nitriles is 1. The lowest BCUT2D eigenvalue weighted by atomic mass is 9.44. The van der Waals surface area contributed by atoms with E-state index in [1.54, 1.807) is 0 Å². The summed E-state index contributed by atoms with van der Waals surface area (Å²) in [5.41, 5.74) is 1.19. The van der Waals surface area contributed by atoms with Crippen molar-refractivity contribution in [3.8, 4) is 6.07 Å². The molecule has 0 spiro atoms. The fraction of sp³-hybridized carbons (Fsp3) is 0.818. The molecule has 0 aromatic carbocycles. The molecule has 0 aromatic heterocycles. The van der Waals surface area contributed by atoms with Gasteiger partial charge in [0.1, 0.15) is 0 Å². The van der Waals surface area contributed by atoms with Gasteiger partial charge >= 0.3 is 0 Å². The van der Waals surface area contributed by atoms with Crippen molar-refractivity contribution in [1.29, 1.82) is 5.26 Å². The van der Waals surface area contributed by atoms with Crippen molar-refractivity contribution in [3.63, 3.8) is 0 Å². The van der Waals surface area contributed by atoms with Crippen LogP contribution < -0.4 is 0 Å². The summed E-state index contributed by atoms with van der Waals surface area (Å²) in [6.07, 6.45) is 8.91. The van der Waals surface area contributed by atoms with Gasteiger partial charge < -0.3 is 5.11 Å². The normalized spacial score (nSPS) is 51.8. The fourth-order valence-electron chi connectivity index (χ4n) is 7.41. The number of aliphatic hydroxyl groups excluding tert-OH is 1. The number of carbonyl (C=O) groups excluding carboxylic acids is 1. The van der Waals surface area contributed by atoms with Crippen LogP contribution in [0.5, 0.6) is 0 Å². The van der Waals surface area contributed by atoms with Crippen LogP contribution >= 0.6 is 0 Å². The van der Waals surface area contributed by atoms with E-state index in [4.69, 9.17) is 0 Å². The molecule has 4 aliphatic carbocycles. The minimum absolute atomic E-state index is 0.0667. The first-order valence-corrected chi connectivity index (χ1v) is 10.1. The van der Waals surface area contributed by atoms with Crippen molar-refractivity contribution in [2.45, 2.75) is 65.7 Å². The van der Waals surface area contributed by atoms with E-state index in [0.29, 0.717) is 24.2 Å². The highest BCUT2D eigenvalue weighted by atomic mass is 16.3. The van der Waals surface area contributed by atoms with Crippen LogP contribution in [0.3, 0.4) is 0 Å². The van der Waals surface area contributed by atoms with Crippen LogP contribution in [0.4, 0.5) is 0 Å². The molecule has 0 aromatic rings. The van der Waals surface area contributed by atoms with Crippen molar-refractivity contribution in [1.82, 2.24) is 0 Å². The Kier molecular flexibility index (Phi) is 3.75. The Hall–Kier alpha value is -1.14. The Bertz CT molecular complexity index is 676. The van der Waals surface area contributed by atoms with Gasteiger partial charge in [-0.2, -0.15) is 5.26 Å². The third-order valence-corrected chi connectivity index (χ3v) is 9.19. The summed E-state index contributed by atoms with van der Waals surface area (Å²) in [5, 5.41) is 19.9. The van der Waals surface area contributed by atoms with Gasteiger partial charge in [0.25, 0.3) is 0 Å². The highest BCUT2D eigenvalue weighted by Crippen LogP contribution is 2.70. The van der Waals surface area contributed by atoms with Crippen LogP contribution in [0.1, 0.15) is 65.7 Å². The number of ketones is 1. The van der Waals surface area contributed by atoms with Crippen molar-refractivity contribution >= 4 is 5.78 Å². The van der Waals surface area contributed by atoms with Gasteiger partial charge in [-0.25, -0.2) is 0 Å². The average Bonchev–Trinajstić information content (AvgIpc) is 2.87. The van der Waals surface area contributed by atoms with Crippen LogP contribution in [0.15, 0.2) is 11.6 Å². The van der Waals surface area contributed by atoms with Crippen molar-refractivity contribution in [2.75, 3.05) is 6.61 Å². The lowest BCUT2D eigenvalue weighted by Gasteiger charge is -2.60. The Morgan fingerprint density at radius 2 is 1.92 bits per heavy atom. The molecule has 4 aliphatic rings. The molecular formula is C22H31NO2. The first-order valence-electron chi connectivity index (χ1n) is 10.1. The highest BCUT2D eigenvalue weighted by Gasteiger charge is 2.63. The number of nitrogens with zero attached hydrogens (tertiary/aromatic N) is 1. The van der Waals surface area contributed by atoms with E-state index in [9.17, 15) is 15.2 Å².